The van der Waals surface area contributed by atoms with Gasteiger partial charge in [0.25, 0.3) is 0 Å². The Labute approximate surface area is 118 Å². The van der Waals surface area contributed by atoms with E-state index >= 15 is 0 Å². The normalized spacial score (nSPS) is 22.6. The van der Waals surface area contributed by atoms with Gasteiger partial charge in [0, 0.05) is 6.04 Å². The van der Waals surface area contributed by atoms with Gasteiger partial charge in [-0.2, -0.15) is 10.4 Å². The molecule has 0 spiro atoms. The van der Waals surface area contributed by atoms with Crippen LogP contribution in [0.2, 0.25) is 0 Å². The highest BCUT2D eigenvalue weighted by Crippen LogP contribution is 2.30. The molecule has 0 saturated heterocycles. The maximum atomic E-state index is 9.31. The molecule has 1 fully saturated rings. The van der Waals surface area contributed by atoms with E-state index in [0.717, 1.165) is 17.6 Å². The van der Waals surface area contributed by atoms with Gasteiger partial charge in [-0.3, -0.25) is 0 Å². The van der Waals surface area contributed by atoms with Gasteiger partial charge < -0.3 is 11.1 Å². The standard InChI is InChI=1S/C15H19N5/c1-10-4-2-3-5-13(10)19-15-11(7-16)8-18-20-9-12(17)6-14(15)20/h6,8-10,13,19H,2-5,17H2,1H3. The van der Waals surface area contributed by atoms with E-state index < -0.39 is 0 Å². The monoisotopic (exact) mass is 269 g/mol. The highest BCUT2D eigenvalue weighted by atomic mass is 15.2. The lowest BCUT2D eigenvalue weighted by molar-refractivity contribution is 0.349. The number of aromatic nitrogens is 2. The maximum absolute atomic E-state index is 9.31. The number of rotatable bonds is 2. The molecule has 2 aromatic heterocycles. The molecular weight excluding hydrogens is 250 g/mol. The zero-order chi connectivity index (χ0) is 14.1. The largest absolute Gasteiger partial charge is 0.397 e. The maximum Gasteiger partial charge on any atom is 0.103 e. The molecular formula is C15H19N5. The minimum atomic E-state index is 0.415. The smallest absolute Gasteiger partial charge is 0.103 e. The third-order valence-electron chi connectivity index (χ3n) is 4.22. The molecule has 3 rings (SSSR count). The lowest BCUT2D eigenvalue weighted by Crippen LogP contribution is -2.30. The lowest BCUT2D eigenvalue weighted by atomic mass is 9.85. The molecule has 2 aromatic rings. The SMILES string of the molecule is CC1CCCCC1Nc1c(C#N)cnn2cc(N)cc12. The molecule has 5 heteroatoms. The second-order valence-electron chi connectivity index (χ2n) is 5.66. The summed E-state index contributed by atoms with van der Waals surface area (Å²) < 4.78 is 1.73. The summed E-state index contributed by atoms with van der Waals surface area (Å²) in [6, 6.07) is 4.50. The van der Waals surface area contributed by atoms with Crippen LogP contribution in [-0.4, -0.2) is 15.7 Å². The first-order valence-electron chi connectivity index (χ1n) is 7.12. The predicted molar refractivity (Wildman–Crippen MR) is 79.4 cm³/mol. The highest BCUT2D eigenvalue weighted by molar-refractivity contribution is 5.80. The number of hydrogen-bond acceptors (Lipinski definition) is 4. The van der Waals surface area contributed by atoms with Crippen molar-refractivity contribution >= 4 is 16.9 Å². The predicted octanol–water partition coefficient (Wildman–Crippen LogP) is 2.78. The molecule has 0 aromatic carbocycles. The Balaban J connectivity index is 2.02. The average Bonchev–Trinajstić information content (AvgIpc) is 2.82. The van der Waals surface area contributed by atoms with Crippen LogP contribution in [0.1, 0.15) is 38.2 Å². The first-order chi connectivity index (χ1) is 9.69. The second-order valence-corrected chi connectivity index (χ2v) is 5.66. The van der Waals surface area contributed by atoms with Gasteiger partial charge >= 0.3 is 0 Å². The molecule has 2 atom stereocenters. The van der Waals surface area contributed by atoms with Gasteiger partial charge in [-0.15, -0.1) is 0 Å². The van der Waals surface area contributed by atoms with Crippen molar-refractivity contribution in [3.8, 4) is 6.07 Å². The fourth-order valence-corrected chi connectivity index (χ4v) is 3.03. The summed E-state index contributed by atoms with van der Waals surface area (Å²) in [6.45, 7) is 2.27. The molecule has 20 heavy (non-hydrogen) atoms. The Kier molecular flexibility index (Phi) is 3.23. The van der Waals surface area contributed by atoms with Crippen molar-refractivity contribution in [1.82, 2.24) is 9.61 Å². The highest BCUT2D eigenvalue weighted by Gasteiger charge is 2.23. The van der Waals surface area contributed by atoms with Gasteiger partial charge in [0.2, 0.25) is 0 Å². The number of nitriles is 1. The van der Waals surface area contributed by atoms with Crippen LogP contribution in [0.15, 0.2) is 18.5 Å². The van der Waals surface area contributed by atoms with Gasteiger partial charge in [0.15, 0.2) is 0 Å². The Morgan fingerprint density at radius 3 is 3.00 bits per heavy atom. The van der Waals surface area contributed by atoms with E-state index in [9.17, 15) is 5.26 Å². The molecule has 0 radical (unpaired) electrons. The van der Waals surface area contributed by atoms with Gasteiger partial charge in [-0.1, -0.05) is 19.8 Å². The third kappa shape index (κ3) is 2.18. The van der Waals surface area contributed by atoms with Crippen LogP contribution < -0.4 is 11.1 Å². The number of hydrogen-bond donors (Lipinski definition) is 2. The van der Waals surface area contributed by atoms with Crippen molar-refractivity contribution in [1.29, 1.82) is 5.26 Å². The molecule has 2 heterocycles. The van der Waals surface area contributed by atoms with Crippen molar-refractivity contribution in [2.45, 2.75) is 38.6 Å². The number of anilines is 2. The lowest BCUT2D eigenvalue weighted by Gasteiger charge is -2.30. The van der Waals surface area contributed by atoms with E-state index in [4.69, 9.17) is 5.73 Å². The first-order valence-corrected chi connectivity index (χ1v) is 7.12. The number of nitrogen functional groups attached to an aromatic ring is 1. The minimum absolute atomic E-state index is 0.415. The summed E-state index contributed by atoms with van der Waals surface area (Å²) in [7, 11) is 0. The Morgan fingerprint density at radius 1 is 1.45 bits per heavy atom. The van der Waals surface area contributed by atoms with E-state index in [0.29, 0.717) is 23.2 Å². The number of fused-ring (bicyclic) bond motifs is 1. The van der Waals surface area contributed by atoms with Crippen molar-refractivity contribution in [3.63, 3.8) is 0 Å². The summed E-state index contributed by atoms with van der Waals surface area (Å²) >= 11 is 0. The van der Waals surface area contributed by atoms with Gasteiger partial charge in [-0.05, 0) is 24.8 Å². The zero-order valence-corrected chi connectivity index (χ0v) is 11.6. The van der Waals surface area contributed by atoms with Crippen molar-refractivity contribution in [3.05, 3.63) is 24.0 Å². The molecule has 0 bridgehead atoms. The molecule has 1 saturated carbocycles. The van der Waals surface area contributed by atoms with Crippen molar-refractivity contribution < 1.29 is 0 Å². The quantitative estimate of drug-likeness (QED) is 0.878. The van der Waals surface area contributed by atoms with Crippen LogP contribution in [0.5, 0.6) is 0 Å². The van der Waals surface area contributed by atoms with Crippen LogP contribution in [-0.2, 0) is 0 Å². The van der Waals surface area contributed by atoms with Crippen LogP contribution in [0.4, 0.5) is 11.4 Å². The van der Waals surface area contributed by atoms with Crippen LogP contribution in [0, 0.1) is 17.2 Å². The summed E-state index contributed by atoms with van der Waals surface area (Å²) in [6.07, 6.45) is 8.30. The number of nitrogens with two attached hydrogens (primary N) is 1. The molecule has 5 nitrogen and oxygen atoms in total. The number of nitrogens with one attached hydrogen (secondary N) is 1. The van der Waals surface area contributed by atoms with E-state index in [1.165, 1.54) is 19.3 Å². The van der Waals surface area contributed by atoms with Crippen LogP contribution >= 0.6 is 0 Å². The van der Waals surface area contributed by atoms with E-state index in [1.54, 1.807) is 16.9 Å². The summed E-state index contributed by atoms with van der Waals surface area (Å²) in [5, 5.41) is 17.1. The summed E-state index contributed by atoms with van der Waals surface area (Å²) in [4.78, 5) is 0. The Hall–Kier alpha value is -2.22. The second kappa shape index (κ2) is 5.04. The van der Waals surface area contributed by atoms with Crippen LogP contribution in [0.3, 0.4) is 0 Å². The minimum Gasteiger partial charge on any atom is -0.397 e. The van der Waals surface area contributed by atoms with E-state index in [-0.39, 0.29) is 0 Å². The van der Waals surface area contributed by atoms with Crippen LogP contribution in [0.25, 0.3) is 5.52 Å². The van der Waals surface area contributed by atoms with E-state index in [1.807, 2.05) is 6.07 Å². The average molecular weight is 269 g/mol. The summed E-state index contributed by atoms with van der Waals surface area (Å²) in [5.74, 6) is 0.621. The van der Waals surface area contributed by atoms with Crippen molar-refractivity contribution in [2.24, 2.45) is 5.92 Å². The molecule has 104 valence electrons. The zero-order valence-electron chi connectivity index (χ0n) is 11.6. The first kappa shape index (κ1) is 12.8. The molecule has 1 aliphatic rings. The topological polar surface area (TPSA) is 79.1 Å². The molecule has 3 N–H and O–H groups in total. The molecule has 1 aliphatic carbocycles. The molecule has 2 unspecified atom stereocenters. The van der Waals surface area contributed by atoms with Gasteiger partial charge in [-0.25, -0.2) is 4.52 Å². The summed E-state index contributed by atoms with van der Waals surface area (Å²) in [5.41, 5.74) is 8.81. The van der Waals surface area contributed by atoms with E-state index in [2.05, 4.69) is 23.4 Å². The molecule has 0 aliphatic heterocycles. The number of nitrogens with zero attached hydrogens (tertiary/aromatic N) is 3. The van der Waals surface area contributed by atoms with Gasteiger partial charge in [0.1, 0.15) is 6.07 Å². The van der Waals surface area contributed by atoms with Gasteiger partial charge in [0.05, 0.1) is 34.8 Å². The fourth-order valence-electron chi connectivity index (χ4n) is 3.03. The Bertz CT molecular complexity index is 667. The fraction of sp³-hybridized carbons (Fsp3) is 0.467. The van der Waals surface area contributed by atoms with Crippen molar-refractivity contribution in [2.75, 3.05) is 11.1 Å². The third-order valence-corrected chi connectivity index (χ3v) is 4.22. The molecule has 0 amide bonds. The Morgan fingerprint density at radius 2 is 2.25 bits per heavy atom.